The zero-order valence-electron chi connectivity index (χ0n) is 13.4. The molecule has 2 fully saturated rings. The Morgan fingerprint density at radius 2 is 1.73 bits per heavy atom. The lowest BCUT2D eigenvalue weighted by molar-refractivity contribution is -0.385. The van der Waals surface area contributed by atoms with Crippen LogP contribution in [-0.2, 0) is 9.59 Å². The molecule has 1 saturated heterocycles. The first kappa shape index (κ1) is 16.9. The van der Waals surface area contributed by atoms with Crippen molar-refractivity contribution in [2.24, 2.45) is 28.8 Å². The molecule has 0 spiro atoms. The van der Waals surface area contributed by atoms with Crippen molar-refractivity contribution >= 4 is 39.6 Å². The van der Waals surface area contributed by atoms with E-state index in [1.807, 2.05) is 12.2 Å². The Morgan fingerprint density at radius 3 is 2.23 bits per heavy atom. The van der Waals surface area contributed by atoms with Crippen LogP contribution < -0.4 is 5.11 Å². The molecule has 134 valence electrons. The number of carbonyl (C=O) groups is 2. The van der Waals surface area contributed by atoms with E-state index in [0.29, 0.717) is 0 Å². The molecule has 0 N–H and O–H groups in total. The number of non-ortho nitro benzene ring substituents is 1. The SMILES string of the molecule is O=C1[C@@H]2[C@H](C(=O)N1/N=C\c1cc([N+](=O)[O-])cc(Br)c1[O-])[C@@H]1C=C[C@H]2CC1. The van der Waals surface area contributed by atoms with E-state index in [0.717, 1.165) is 36.2 Å². The summed E-state index contributed by atoms with van der Waals surface area (Å²) in [6.45, 7) is 0. The highest BCUT2D eigenvalue weighted by Gasteiger charge is 2.56. The van der Waals surface area contributed by atoms with Crippen LogP contribution in [0.2, 0.25) is 0 Å². The van der Waals surface area contributed by atoms with Gasteiger partial charge in [0.2, 0.25) is 0 Å². The Bertz CT molecular complexity index is 865. The summed E-state index contributed by atoms with van der Waals surface area (Å²) in [7, 11) is 0. The maximum Gasteiger partial charge on any atom is 0.271 e. The van der Waals surface area contributed by atoms with Crippen molar-refractivity contribution in [1.29, 1.82) is 0 Å². The Kier molecular flexibility index (Phi) is 3.91. The van der Waals surface area contributed by atoms with Gasteiger partial charge in [-0.1, -0.05) is 33.8 Å². The molecular formula is C17H13BrN3O5-. The van der Waals surface area contributed by atoms with Crippen LogP contribution in [-0.4, -0.2) is 28.0 Å². The molecule has 1 aromatic carbocycles. The van der Waals surface area contributed by atoms with Gasteiger partial charge in [0.1, 0.15) is 0 Å². The van der Waals surface area contributed by atoms with E-state index >= 15 is 0 Å². The molecule has 9 heteroatoms. The van der Waals surface area contributed by atoms with E-state index in [1.165, 1.54) is 0 Å². The number of rotatable bonds is 3. The van der Waals surface area contributed by atoms with Crippen LogP contribution in [0.1, 0.15) is 18.4 Å². The number of nitro benzene ring substituents is 1. The van der Waals surface area contributed by atoms with Gasteiger partial charge in [-0.05, 0) is 30.2 Å². The predicted octanol–water partition coefficient (Wildman–Crippen LogP) is 1.96. The van der Waals surface area contributed by atoms with Gasteiger partial charge >= 0.3 is 0 Å². The number of hydrogen-bond acceptors (Lipinski definition) is 6. The zero-order valence-corrected chi connectivity index (χ0v) is 15.0. The first-order valence-electron chi connectivity index (χ1n) is 8.13. The van der Waals surface area contributed by atoms with Gasteiger partial charge in [-0.15, -0.1) is 0 Å². The van der Waals surface area contributed by atoms with E-state index in [4.69, 9.17) is 0 Å². The molecule has 8 nitrogen and oxygen atoms in total. The monoisotopic (exact) mass is 418 g/mol. The molecular weight excluding hydrogens is 406 g/mol. The van der Waals surface area contributed by atoms with E-state index in [-0.39, 0.29) is 39.4 Å². The minimum Gasteiger partial charge on any atom is -0.871 e. The van der Waals surface area contributed by atoms with Crippen molar-refractivity contribution in [3.8, 4) is 5.75 Å². The number of hydrazone groups is 1. The summed E-state index contributed by atoms with van der Waals surface area (Å²) in [6, 6.07) is 2.17. The van der Waals surface area contributed by atoms with E-state index < -0.39 is 22.5 Å². The number of imide groups is 1. The lowest BCUT2D eigenvalue weighted by Gasteiger charge is -2.37. The number of nitrogens with zero attached hydrogens (tertiary/aromatic N) is 3. The summed E-state index contributed by atoms with van der Waals surface area (Å²) in [5.41, 5.74) is -0.351. The molecule has 0 aromatic heterocycles. The second-order valence-electron chi connectivity index (χ2n) is 6.68. The average molecular weight is 419 g/mol. The molecule has 1 aromatic rings. The van der Waals surface area contributed by atoms with Gasteiger partial charge in [-0.3, -0.25) is 19.7 Å². The highest BCUT2D eigenvalue weighted by Crippen LogP contribution is 2.49. The number of amides is 2. The fourth-order valence-corrected chi connectivity index (χ4v) is 4.56. The van der Waals surface area contributed by atoms with E-state index in [1.54, 1.807) is 0 Å². The number of halogens is 1. The van der Waals surface area contributed by atoms with Gasteiger partial charge in [0.05, 0.1) is 23.0 Å². The third-order valence-corrected chi connectivity index (χ3v) is 5.91. The van der Waals surface area contributed by atoms with Crippen LogP contribution in [0.5, 0.6) is 5.75 Å². The normalized spacial score (nSPS) is 29.7. The fraction of sp³-hybridized carbons (Fsp3) is 0.353. The summed E-state index contributed by atoms with van der Waals surface area (Å²) in [5.74, 6) is -1.94. The maximum absolute atomic E-state index is 12.7. The topological polar surface area (TPSA) is 116 Å². The van der Waals surface area contributed by atoms with Gasteiger partial charge in [0.15, 0.2) is 0 Å². The summed E-state index contributed by atoms with van der Waals surface area (Å²) < 4.78 is 0.0168. The molecule has 3 aliphatic carbocycles. The largest absolute Gasteiger partial charge is 0.871 e. The molecule has 26 heavy (non-hydrogen) atoms. The van der Waals surface area contributed by atoms with Crippen LogP contribution in [0.3, 0.4) is 0 Å². The van der Waals surface area contributed by atoms with Crippen molar-refractivity contribution in [2.45, 2.75) is 12.8 Å². The lowest BCUT2D eigenvalue weighted by atomic mass is 9.63. The molecule has 4 aliphatic rings. The Morgan fingerprint density at radius 1 is 1.15 bits per heavy atom. The van der Waals surface area contributed by atoms with Crippen LogP contribution in [0, 0.1) is 33.8 Å². The number of nitro groups is 1. The Hall–Kier alpha value is -2.55. The second-order valence-corrected chi connectivity index (χ2v) is 7.53. The van der Waals surface area contributed by atoms with Crippen molar-refractivity contribution in [1.82, 2.24) is 5.01 Å². The number of benzene rings is 1. The Balaban J connectivity index is 1.65. The van der Waals surface area contributed by atoms with Crippen molar-refractivity contribution in [3.63, 3.8) is 0 Å². The highest BCUT2D eigenvalue weighted by molar-refractivity contribution is 9.10. The zero-order chi connectivity index (χ0) is 18.6. The predicted molar refractivity (Wildman–Crippen MR) is 92.0 cm³/mol. The number of allylic oxidation sites excluding steroid dienone is 2. The molecule has 5 rings (SSSR count). The molecule has 2 bridgehead atoms. The van der Waals surface area contributed by atoms with Crippen LogP contribution in [0.4, 0.5) is 5.69 Å². The van der Waals surface area contributed by atoms with Crippen LogP contribution in [0.15, 0.2) is 33.9 Å². The molecule has 0 radical (unpaired) electrons. The average Bonchev–Trinajstić information content (AvgIpc) is 2.90. The van der Waals surface area contributed by atoms with Gasteiger partial charge in [-0.2, -0.15) is 10.1 Å². The molecule has 1 aliphatic heterocycles. The summed E-state index contributed by atoms with van der Waals surface area (Å²) in [6.07, 6.45) is 6.80. The summed E-state index contributed by atoms with van der Waals surface area (Å²) in [5, 5.41) is 27.8. The van der Waals surface area contributed by atoms with Gasteiger partial charge in [0.25, 0.3) is 17.5 Å². The lowest BCUT2D eigenvalue weighted by Crippen LogP contribution is -2.38. The summed E-state index contributed by atoms with van der Waals surface area (Å²) >= 11 is 2.98. The van der Waals surface area contributed by atoms with Crippen molar-refractivity contribution in [2.75, 3.05) is 0 Å². The van der Waals surface area contributed by atoms with Crippen LogP contribution >= 0.6 is 15.9 Å². The van der Waals surface area contributed by atoms with Gasteiger partial charge < -0.3 is 5.11 Å². The fourth-order valence-electron chi connectivity index (χ4n) is 4.09. The molecule has 4 atom stereocenters. The second kappa shape index (κ2) is 6.01. The first-order valence-corrected chi connectivity index (χ1v) is 8.93. The van der Waals surface area contributed by atoms with E-state index in [9.17, 15) is 24.8 Å². The number of hydrogen-bond donors (Lipinski definition) is 0. The first-order chi connectivity index (χ1) is 12.4. The highest BCUT2D eigenvalue weighted by atomic mass is 79.9. The molecule has 2 amide bonds. The molecule has 1 saturated carbocycles. The third kappa shape index (κ3) is 2.45. The minimum atomic E-state index is -0.633. The Labute approximate surface area is 156 Å². The van der Waals surface area contributed by atoms with Gasteiger partial charge in [0, 0.05) is 16.6 Å². The number of fused-ring (bicyclic) bond motifs is 1. The maximum atomic E-state index is 12.7. The summed E-state index contributed by atoms with van der Waals surface area (Å²) in [4.78, 5) is 35.6. The van der Waals surface area contributed by atoms with Crippen molar-refractivity contribution < 1.29 is 19.6 Å². The molecule has 0 unspecified atom stereocenters. The number of carbonyl (C=O) groups excluding carboxylic acids is 2. The van der Waals surface area contributed by atoms with E-state index in [2.05, 4.69) is 21.0 Å². The van der Waals surface area contributed by atoms with Gasteiger partial charge in [-0.25, -0.2) is 0 Å². The van der Waals surface area contributed by atoms with Crippen molar-refractivity contribution in [3.05, 3.63) is 44.4 Å². The standard InChI is InChI=1S/C17H14BrN3O5/c18-12-6-11(21(25)26)5-10(15(12)22)7-19-20-16(23)13-8-1-2-9(4-3-8)14(13)17(20)24/h1-2,5-9,13-14,22H,3-4H2/p-1/b19-7-/t8-,9+,13-,14+. The minimum absolute atomic E-state index is 0.0168. The smallest absolute Gasteiger partial charge is 0.271 e. The third-order valence-electron chi connectivity index (χ3n) is 5.32. The van der Waals surface area contributed by atoms with Crippen LogP contribution in [0.25, 0.3) is 0 Å². The quantitative estimate of drug-likeness (QED) is 0.244. The molecule has 1 heterocycles.